The molecule has 20 heavy (non-hydrogen) atoms. The number of carbonyl (C=O) groups is 2. The zero-order chi connectivity index (χ0) is 15.4. The quantitative estimate of drug-likeness (QED) is 0.283. The van der Waals surface area contributed by atoms with E-state index in [0.717, 1.165) is 0 Å². The van der Waals surface area contributed by atoms with E-state index in [0.29, 0.717) is 0 Å². The van der Waals surface area contributed by atoms with Crippen LogP contribution in [0.1, 0.15) is 6.42 Å². The van der Waals surface area contributed by atoms with Gasteiger partial charge in [0.15, 0.2) is 6.29 Å². The summed E-state index contributed by atoms with van der Waals surface area (Å²) in [5.74, 6) is -1.88. The van der Waals surface area contributed by atoms with E-state index in [9.17, 15) is 24.9 Å². The molecule has 0 aromatic rings. The molecule has 1 saturated heterocycles. The molecule has 0 aliphatic carbocycles. The van der Waals surface area contributed by atoms with Crippen LogP contribution in [0, 0.1) is 0 Å². The maximum atomic E-state index is 11.1. The number of ether oxygens (including phenoxy) is 2. The van der Waals surface area contributed by atoms with Gasteiger partial charge in [-0.25, -0.2) is 0 Å². The minimum Gasteiger partial charge on any atom is -0.394 e. The van der Waals surface area contributed by atoms with Gasteiger partial charge >= 0.3 is 0 Å². The van der Waals surface area contributed by atoms with Crippen molar-refractivity contribution in [3.05, 3.63) is 0 Å². The summed E-state index contributed by atoms with van der Waals surface area (Å²) in [4.78, 5) is 21.9. The number of nitrogens with two attached hydrogens (primary N) is 2. The van der Waals surface area contributed by atoms with Crippen LogP contribution >= 0.6 is 0 Å². The van der Waals surface area contributed by atoms with E-state index in [4.69, 9.17) is 26.0 Å². The number of primary amides is 2. The lowest BCUT2D eigenvalue weighted by molar-refractivity contribution is -0.308. The van der Waals surface area contributed by atoms with Crippen LogP contribution in [0.3, 0.4) is 0 Å². The van der Waals surface area contributed by atoms with Gasteiger partial charge in [-0.2, -0.15) is 0 Å². The van der Waals surface area contributed by atoms with Gasteiger partial charge in [-0.15, -0.1) is 0 Å². The molecule has 0 saturated carbocycles. The molecule has 1 aliphatic heterocycles. The Labute approximate surface area is 113 Å². The smallest absolute Gasteiger partial charge is 0.247 e. The third-order valence-corrected chi connectivity index (χ3v) is 2.85. The van der Waals surface area contributed by atoms with Crippen LogP contribution in [0.5, 0.6) is 0 Å². The summed E-state index contributed by atoms with van der Waals surface area (Å²) in [6.07, 6.45) is -9.66. The molecule has 0 aromatic heterocycles. The number of rotatable bonds is 6. The fourth-order valence-corrected chi connectivity index (χ4v) is 1.74. The Balaban J connectivity index is 2.77. The average Bonchev–Trinajstić information content (AvgIpc) is 2.37. The van der Waals surface area contributed by atoms with E-state index >= 15 is 0 Å². The van der Waals surface area contributed by atoms with Crippen molar-refractivity contribution >= 4 is 11.8 Å². The first-order chi connectivity index (χ1) is 9.27. The van der Waals surface area contributed by atoms with Crippen molar-refractivity contribution in [2.75, 3.05) is 6.61 Å². The molecule has 1 fully saturated rings. The van der Waals surface area contributed by atoms with Crippen LogP contribution in [0.4, 0.5) is 0 Å². The highest BCUT2D eigenvalue weighted by molar-refractivity contribution is 5.85. The lowest BCUT2D eigenvalue weighted by Crippen LogP contribution is -2.60. The van der Waals surface area contributed by atoms with Crippen molar-refractivity contribution in [2.45, 2.75) is 43.2 Å². The highest BCUT2D eigenvalue weighted by Gasteiger charge is 2.45. The monoisotopic (exact) mass is 294 g/mol. The third-order valence-electron chi connectivity index (χ3n) is 2.85. The topological polar surface area (TPSA) is 186 Å². The summed E-state index contributed by atoms with van der Waals surface area (Å²) in [7, 11) is 0. The second kappa shape index (κ2) is 6.92. The number of carbonyl (C=O) groups excluding carboxylic acids is 2. The SMILES string of the molecule is NC(=O)CC(OC1OC(CO)[C@@H](O)[C@H](O)C1O)C(N)=O. The van der Waals surface area contributed by atoms with Crippen LogP contribution in [0.2, 0.25) is 0 Å². The Morgan fingerprint density at radius 3 is 2.20 bits per heavy atom. The first-order valence-electron chi connectivity index (χ1n) is 5.81. The van der Waals surface area contributed by atoms with E-state index in [1.165, 1.54) is 0 Å². The minimum absolute atomic E-state index is 0.537. The number of aliphatic hydroxyl groups excluding tert-OH is 4. The van der Waals surface area contributed by atoms with Gasteiger partial charge in [0.2, 0.25) is 11.8 Å². The molecule has 0 spiro atoms. The first kappa shape index (κ1) is 16.8. The molecule has 8 N–H and O–H groups in total. The largest absolute Gasteiger partial charge is 0.394 e. The molecular weight excluding hydrogens is 276 g/mol. The van der Waals surface area contributed by atoms with E-state index in [1.807, 2.05) is 0 Å². The highest BCUT2D eigenvalue weighted by atomic mass is 16.7. The zero-order valence-corrected chi connectivity index (χ0v) is 10.5. The second-order valence-electron chi connectivity index (χ2n) is 4.39. The number of hydrogen-bond acceptors (Lipinski definition) is 8. The molecule has 0 aromatic carbocycles. The molecule has 116 valence electrons. The van der Waals surface area contributed by atoms with Crippen LogP contribution in [0.25, 0.3) is 0 Å². The van der Waals surface area contributed by atoms with Gasteiger partial charge in [0.1, 0.15) is 30.5 Å². The molecule has 2 amide bonds. The second-order valence-corrected chi connectivity index (χ2v) is 4.39. The van der Waals surface area contributed by atoms with Crippen molar-refractivity contribution in [3.63, 3.8) is 0 Å². The van der Waals surface area contributed by atoms with Crippen molar-refractivity contribution in [2.24, 2.45) is 11.5 Å². The molecule has 0 radical (unpaired) electrons. The third kappa shape index (κ3) is 3.85. The lowest BCUT2D eigenvalue weighted by Gasteiger charge is -2.40. The van der Waals surface area contributed by atoms with Gasteiger partial charge < -0.3 is 41.4 Å². The Bertz CT molecular complexity index is 363. The van der Waals surface area contributed by atoms with Gasteiger partial charge in [-0.1, -0.05) is 0 Å². The van der Waals surface area contributed by atoms with E-state index in [-0.39, 0.29) is 0 Å². The maximum absolute atomic E-state index is 11.1. The Hall–Kier alpha value is -1.30. The van der Waals surface area contributed by atoms with Crippen molar-refractivity contribution in [1.82, 2.24) is 0 Å². The summed E-state index contributed by atoms with van der Waals surface area (Å²) >= 11 is 0. The molecule has 0 bridgehead atoms. The average molecular weight is 294 g/mol. The van der Waals surface area contributed by atoms with Gasteiger partial charge in [0.25, 0.3) is 0 Å². The molecule has 4 unspecified atom stereocenters. The molecular formula is C10H18N2O8. The standard InChI is InChI=1S/C10H18N2O8/c11-5(14)1-3(9(12)18)19-10-8(17)7(16)6(15)4(2-13)20-10/h3-4,6-8,10,13,15-17H,1-2H2,(H2,11,14)(H2,12,18)/t3?,4?,6-,7+,8?,10?/m1/s1. The summed E-state index contributed by atoms with van der Waals surface area (Å²) in [5, 5.41) is 37.7. The normalized spacial score (nSPS) is 35.5. The van der Waals surface area contributed by atoms with Crippen molar-refractivity contribution in [3.8, 4) is 0 Å². The molecule has 1 heterocycles. The lowest BCUT2D eigenvalue weighted by atomic mass is 9.99. The van der Waals surface area contributed by atoms with Gasteiger partial charge in [0, 0.05) is 0 Å². The van der Waals surface area contributed by atoms with Crippen LogP contribution in [-0.4, -0.2) is 75.7 Å². The fraction of sp³-hybridized carbons (Fsp3) is 0.800. The fourth-order valence-electron chi connectivity index (χ4n) is 1.74. The van der Waals surface area contributed by atoms with Gasteiger partial charge in [-0.3, -0.25) is 9.59 Å². The number of amides is 2. The highest BCUT2D eigenvalue weighted by Crippen LogP contribution is 2.23. The van der Waals surface area contributed by atoms with Crippen LogP contribution in [-0.2, 0) is 19.1 Å². The predicted octanol–water partition coefficient (Wildman–Crippen LogP) is -4.47. The van der Waals surface area contributed by atoms with Gasteiger partial charge in [-0.05, 0) is 0 Å². The summed E-state index contributed by atoms with van der Waals surface area (Å²) in [6, 6.07) is 0. The molecule has 10 nitrogen and oxygen atoms in total. The minimum atomic E-state index is -1.69. The Kier molecular flexibility index (Phi) is 5.80. The summed E-state index contributed by atoms with van der Waals surface area (Å²) in [5.41, 5.74) is 9.92. The first-order valence-corrected chi connectivity index (χ1v) is 5.81. The number of aliphatic hydroxyl groups is 4. The Morgan fingerprint density at radius 2 is 1.75 bits per heavy atom. The zero-order valence-electron chi connectivity index (χ0n) is 10.5. The molecule has 10 heteroatoms. The molecule has 6 atom stereocenters. The van der Waals surface area contributed by atoms with Crippen LogP contribution < -0.4 is 11.5 Å². The van der Waals surface area contributed by atoms with E-state index in [2.05, 4.69) is 0 Å². The maximum Gasteiger partial charge on any atom is 0.247 e. The van der Waals surface area contributed by atoms with Crippen molar-refractivity contribution < 1.29 is 39.5 Å². The van der Waals surface area contributed by atoms with E-state index < -0.39 is 61.7 Å². The van der Waals surface area contributed by atoms with Crippen LogP contribution in [0.15, 0.2) is 0 Å². The summed E-state index contributed by atoms with van der Waals surface area (Å²) in [6.45, 7) is -0.651. The predicted molar refractivity (Wildman–Crippen MR) is 61.6 cm³/mol. The van der Waals surface area contributed by atoms with Crippen molar-refractivity contribution in [1.29, 1.82) is 0 Å². The van der Waals surface area contributed by atoms with Gasteiger partial charge in [0.05, 0.1) is 13.0 Å². The summed E-state index contributed by atoms with van der Waals surface area (Å²) < 4.78 is 10.00. The number of hydrogen-bond donors (Lipinski definition) is 6. The molecule has 1 rings (SSSR count). The Morgan fingerprint density at radius 1 is 1.15 bits per heavy atom. The molecule has 1 aliphatic rings. The van der Waals surface area contributed by atoms with E-state index in [1.54, 1.807) is 0 Å².